The van der Waals surface area contributed by atoms with E-state index in [9.17, 15) is 4.79 Å². The topological polar surface area (TPSA) is 47.6 Å². The van der Waals surface area contributed by atoms with Crippen LogP contribution < -0.4 is 14.8 Å². The molecule has 3 aromatic rings. The molecule has 138 valence electrons. The zero-order valence-electron chi connectivity index (χ0n) is 15.5. The number of hydrogen-bond acceptors (Lipinski definition) is 3. The Bertz CT molecular complexity index is 858. The number of rotatable bonds is 7. The van der Waals surface area contributed by atoms with E-state index in [-0.39, 0.29) is 11.9 Å². The third-order valence-corrected chi connectivity index (χ3v) is 4.28. The van der Waals surface area contributed by atoms with E-state index in [0.717, 1.165) is 22.6 Å². The highest BCUT2D eigenvalue weighted by Crippen LogP contribution is 2.25. The van der Waals surface area contributed by atoms with Crippen LogP contribution in [0.1, 0.15) is 34.5 Å². The zero-order chi connectivity index (χ0) is 19.1. The van der Waals surface area contributed by atoms with Gasteiger partial charge in [-0.25, -0.2) is 0 Å². The molecule has 0 fully saturated rings. The Morgan fingerprint density at radius 1 is 0.852 bits per heavy atom. The SMILES string of the molecule is CCOc1ccc(C(=O)NC(c2ccccc2)c2ccc(OC)cc2)cc1. The van der Waals surface area contributed by atoms with E-state index in [1.807, 2.05) is 73.7 Å². The lowest BCUT2D eigenvalue weighted by molar-refractivity contribution is 0.0943. The summed E-state index contributed by atoms with van der Waals surface area (Å²) in [5, 5.41) is 3.13. The minimum absolute atomic E-state index is 0.136. The van der Waals surface area contributed by atoms with Gasteiger partial charge in [-0.3, -0.25) is 4.79 Å². The van der Waals surface area contributed by atoms with Crippen LogP contribution in [0, 0.1) is 0 Å². The zero-order valence-corrected chi connectivity index (χ0v) is 15.5. The van der Waals surface area contributed by atoms with Gasteiger partial charge in [0, 0.05) is 5.56 Å². The summed E-state index contributed by atoms with van der Waals surface area (Å²) in [5.41, 5.74) is 2.59. The van der Waals surface area contributed by atoms with Crippen LogP contribution in [-0.4, -0.2) is 19.6 Å². The molecule has 4 heteroatoms. The Hall–Kier alpha value is -3.27. The number of ether oxygens (including phenoxy) is 2. The normalized spacial score (nSPS) is 11.5. The molecule has 0 bridgehead atoms. The third kappa shape index (κ3) is 4.67. The Balaban J connectivity index is 1.85. The van der Waals surface area contributed by atoms with Crippen LogP contribution >= 0.6 is 0 Å². The largest absolute Gasteiger partial charge is 0.497 e. The Labute approximate surface area is 159 Å². The van der Waals surface area contributed by atoms with Crippen molar-refractivity contribution >= 4 is 5.91 Å². The first-order valence-electron chi connectivity index (χ1n) is 8.94. The lowest BCUT2D eigenvalue weighted by atomic mass is 9.98. The van der Waals surface area contributed by atoms with Crippen molar-refractivity contribution in [2.45, 2.75) is 13.0 Å². The smallest absolute Gasteiger partial charge is 0.252 e. The molecule has 0 saturated heterocycles. The maximum Gasteiger partial charge on any atom is 0.252 e. The third-order valence-electron chi connectivity index (χ3n) is 4.28. The minimum Gasteiger partial charge on any atom is -0.497 e. The van der Waals surface area contributed by atoms with E-state index in [4.69, 9.17) is 9.47 Å². The Kier molecular flexibility index (Phi) is 6.10. The summed E-state index contributed by atoms with van der Waals surface area (Å²) in [7, 11) is 1.64. The fraction of sp³-hybridized carbons (Fsp3) is 0.174. The number of benzene rings is 3. The lowest BCUT2D eigenvalue weighted by Crippen LogP contribution is -2.29. The fourth-order valence-corrected chi connectivity index (χ4v) is 2.88. The van der Waals surface area contributed by atoms with E-state index in [1.165, 1.54) is 0 Å². The predicted molar refractivity (Wildman–Crippen MR) is 106 cm³/mol. The minimum atomic E-state index is -0.254. The average Bonchev–Trinajstić information content (AvgIpc) is 2.73. The van der Waals surface area contributed by atoms with E-state index in [0.29, 0.717) is 12.2 Å². The molecule has 1 unspecified atom stereocenters. The molecule has 0 heterocycles. The van der Waals surface area contributed by atoms with Crippen LogP contribution in [0.5, 0.6) is 11.5 Å². The highest BCUT2D eigenvalue weighted by molar-refractivity contribution is 5.94. The van der Waals surface area contributed by atoms with E-state index >= 15 is 0 Å². The molecule has 1 amide bonds. The first-order chi connectivity index (χ1) is 13.2. The molecule has 27 heavy (non-hydrogen) atoms. The van der Waals surface area contributed by atoms with Gasteiger partial charge in [-0.1, -0.05) is 42.5 Å². The van der Waals surface area contributed by atoms with Gasteiger partial charge >= 0.3 is 0 Å². The van der Waals surface area contributed by atoms with Crippen molar-refractivity contribution in [2.75, 3.05) is 13.7 Å². The van der Waals surface area contributed by atoms with E-state index in [1.54, 1.807) is 19.2 Å². The van der Waals surface area contributed by atoms with Gasteiger partial charge in [-0.15, -0.1) is 0 Å². The maximum atomic E-state index is 12.8. The summed E-state index contributed by atoms with van der Waals surface area (Å²) in [4.78, 5) is 12.8. The van der Waals surface area contributed by atoms with Crippen LogP contribution in [0.15, 0.2) is 78.9 Å². The average molecular weight is 361 g/mol. The van der Waals surface area contributed by atoms with Gasteiger partial charge in [-0.05, 0) is 54.4 Å². The molecule has 0 aliphatic rings. The first kappa shape index (κ1) is 18.5. The standard InChI is InChI=1S/C23H23NO3/c1-3-27-21-15-11-19(12-16-21)23(25)24-22(17-7-5-4-6-8-17)18-9-13-20(26-2)14-10-18/h4-16,22H,3H2,1-2H3,(H,24,25). The number of carbonyl (C=O) groups excluding carboxylic acids is 1. The van der Waals surface area contributed by atoms with Crippen molar-refractivity contribution in [1.29, 1.82) is 0 Å². The van der Waals surface area contributed by atoms with Crippen molar-refractivity contribution in [3.05, 3.63) is 95.6 Å². The Morgan fingerprint density at radius 2 is 1.44 bits per heavy atom. The number of methoxy groups -OCH3 is 1. The van der Waals surface area contributed by atoms with Crippen molar-refractivity contribution in [2.24, 2.45) is 0 Å². The van der Waals surface area contributed by atoms with Gasteiger partial charge in [0.25, 0.3) is 5.91 Å². The molecule has 1 atom stereocenters. The Morgan fingerprint density at radius 3 is 2.04 bits per heavy atom. The van der Waals surface area contributed by atoms with Gasteiger partial charge in [0.2, 0.25) is 0 Å². The monoisotopic (exact) mass is 361 g/mol. The summed E-state index contributed by atoms with van der Waals surface area (Å²) < 4.78 is 10.7. The second-order valence-electron chi connectivity index (χ2n) is 6.05. The molecule has 0 radical (unpaired) electrons. The summed E-state index contributed by atoms with van der Waals surface area (Å²) in [6.45, 7) is 2.53. The van der Waals surface area contributed by atoms with Gasteiger partial charge in [0.15, 0.2) is 0 Å². The highest BCUT2D eigenvalue weighted by atomic mass is 16.5. The summed E-state index contributed by atoms with van der Waals surface area (Å²) in [5.74, 6) is 1.40. The van der Waals surface area contributed by atoms with Crippen LogP contribution in [0.25, 0.3) is 0 Å². The quantitative estimate of drug-likeness (QED) is 0.668. The van der Waals surface area contributed by atoms with Crippen LogP contribution in [-0.2, 0) is 0 Å². The van der Waals surface area contributed by atoms with Gasteiger partial charge in [0.1, 0.15) is 11.5 Å². The van der Waals surface area contributed by atoms with Gasteiger partial charge < -0.3 is 14.8 Å². The molecule has 0 aliphatic heterocycles. The molecule has 0 aliphatic carbocycles. The molecule has 0 spiro atoms. The van der Waals surface area contributed by atoms with Crippen molar-refractivity contribution in [3.63, 3.8) is 0 Å². The molecule has 0 aromatic heterocycles. The molecule has 3 rings (SSSR count). The number of amides is 1. The lowest BCUT2D eigenvalue weighted by Gasteiger charge is -2.20. The van der Waals surface area contributed by atoms with Crippen molar-refractivity contribution in [1.82, 2.24) is 5.32 Å². The second-order valence-corrected chi connectivity index (χ2v) is 6.05. The molecule has 4 nitrogen and oxygen atoms in total. The van der Waals surface area contributed by atoms with Gasteiger partial charge in [0.05, 0.1) is 19.8 Å². The number of nitrogens with one attached hydrogen (secondary N) is 1. The second kappa shape index (κ2) is 8.90. The van der Waals surface area contributed by atoms with Crippen LogP contribution in [0.2, 0.25) is 0 Å². The molecular formula is C23H23NO3. The van der Waals surface area contributed by atoms with Crippen molar-refractivity contribution < 1.29 is 14.3 Å². The number of carbonyl (C=O) groups is 1. The molecular weight excluding hydrogens is 338 g/mol. The van der Waals surface area contributed by atoms with Crippen LogP contribution in [0.3, 0.4) is 0 Å². The first-order valence-corrected chi connectivity index (χ1v) is 8.94. The van der Waals surface area contributed by atoms with E-state index in [2.05, 4.69) is 5.32 Å². The number of hydrogen-bond donors (Lipinski definition) is 1. The summed E-state index contributed by atoms with van der Waals surface area (Å²) in [6, 6.07) is 24.6. The predicted octanol–water partition coefficient (Wildman–Crippen LogP) is 4.61. The fourth-order valence-electron chi connectivity index (χ4n) is 2.88. The molecule has 3 aromatic carbocycles. The summed E-state index contributed by atoms with van der Waals surface area (Å²) in [6.07, 6.45) is 0. The van der Waals surface area contributed by atoms with Crippen LogP contribution in [0.4, 0.5) is 0 Å². The maximum absolute atomic E-state index is 12.8. The summed E-state index contributed by atoms with van der Waals surface area (Å²) >= 11 is 0. The van der Waals surface area contributed by atoms with E-state index < -0.39 is 0 Å². The molecule has 1 N–H and O–H groups in total. The van der Waals surface area contributed by atoms with Gasteiger partial charge in [-0.2, -0.15) is 0 Å². The molecule has 0 saturated carbocycles. The van der Waals surface area contributed by atoms with Crippen molar-refractivity contribution in [3.8, 4) is 11.5 Å². The highest BCUT2D eigenvalue weighted by Gasteiger charge is 2.18.